The van der Waals surface area contributed by atoms with E-state index in [0.717, 1.165) is 54.5 Å². The monoisotopic (exact) mass is 393 g/mol. The maximum atomic E-state index is 14.8. The second kappa shape index (κ2) is 6.79. The van der Waals surface area contributed by atoms with Gasteiger partial charge in [-0.2, -0.15) is 5.10 Å². The van der Waals surface area contributed by atoms with Gasteiger partial charge in [-0.3, -0.25) is 4.79 Å². The molecular formula is C23H21F2N3O. The van der Waals surface area contributed by atoms with Gasteiger partial charge < -0.3 is 4.90 Å². The van der Waals surface area contributed by atoms with E-state index in [1.165, 1.54) is 17.0 Å². The standard InChI is InChI=1S/C23H21F2N3O/c1-14-12-15-6-5-11-27(22(15)18(25)13-14)23(29)21-16-7-4-10-19(16)28(26-21)20-9-3-2-8-17(20)24/h2-3,8-9,12-13H,4-7,10-11H2,1H3. The molecule has 148 valence electrons. The number of halogens is 2. The minimum atomic E-state index is -0.381. The summed E-state index contributed by atoms with van der Waals surface area (Å²) in [5, 5.41) is 4.52. The van der Waals surface area contributed by atoms with E-state index in [0.29, 0.717) is 23.6 Å². The maximum absolute atomic E-state index is 14.8. The molecule has 0 fully saturated rings. The molecule has 0 saturated heterocycles. The Morgan fingerprint density at radius 3 is 2.69 bits per heavy atom. The highest BCUT2D eigenvalue weighted by molar-refractivity contribution is 6.06. The lowest BCUT2D eigenvalue weighted by atomic mass is 9.98. The van der Waals surface area contributed by atoms with Crippen molar-refractivity contribution < 1.29 is 13.6 Å². The molecule has 0 saturated carbocycles. The molecule has 1 aliphatic carbocycles. The van der Waals surface area contributed by atoms with Gasteiger partial charge in [-0.15, -0.1) is 0 Å². The first-order valence-corrected chi connectivity index (χ1v) is 10.0. The number of aromatic nitrogens is 2. The molecule has 0 radical (unpaired) electrons. The molecule has 29 heavy (non-hydrogen) atoms. The summed E-state index contributed by atoms with van der Waals surface area (Å²) < 4.78 is 30.7. The number of carbonyl (C=O) groups is 1. The smallest absolute Gasteiger partial charge is 0.279 e. The predicted molar refractivity (Wildman–Crippen MR) is 107 cm³/mol. The highest BCUT2D eigenvalue weighted by Crippen LogP contribution is 2.35. The molecule has 0 spiro atoms. The SMILES string of the molecule is Cc1cc(F)c2c(c1)CCCN2C(=O)c1nn(-c2ccccc2F)c2c1CCC2. The summed E-state index contributed by atoms with van der Waals surface area (Å²) in [4.78, 5) is 15.0. The number of benzene rings is 2. The average molecular weight is 393 g/mol. The summed E-state index contributed by atoms with van der Waals surface area (Å²) >= 11 is 0. The quantitative estimate of drug-likeness (QED) is 0.641. The highest BCUT2D eigenvalue weighted by atomic mass is 19.1. The van der Waals surface area contributed by atoms with Crippen LogP contribution in [0, 0.1) is 18.6 Å². The molecule has 5 rings (SSSR count). The zero-order chi connectivity index (χ0) is 20.1. The van der Waals surface area contributed by atoms with Crippen LogP contribution in [0.5, 0.6) is 0 Å². The summed E-state index contributed by atoms with van der Waals surface area (Å²) in [6, 6.07) is 9.84. The van der Waals surface area contributed by atoms with Crippen molar-refractivity contribution in [1.29, 1.82) is 0 Å². The fourth-order valence-electron chi connectivity index (χ4n) is 4.60. The van der Waals surface area contributed by atoms with Gasteiger partial charge in [-0.1, -0.05) is 18.2 Å². The minimum Gasteiger partial charge on any atom is -0.304 e. The van der Waals surface area contributed by atoms with Crippen LogP contribution in [0.15, 0.2) is 36.4 Å². The first kappa shape index (κ1) is 18.0. The van der Waals surface area contributed by atoms with Crippen LogP contribution in [0.4, 0.5) is 14.5 Å². The molecule has 2 heterocycles. The molecule has 0 atom stereocenters. The van der Waals surface area contributed by atoms with E-state index in [1.807, 2.05) is 13.0 Å². The van der Waals surface area contributed by atoms with Gasteiger partial charge in [0.15, 0.2) is 5.69 Å². The third-order valence-corrected chi connectivity index (χ3v) is 5.84. The Morgan fingerprint density at radius 1 is 1.03 bits per heavy atom. The second-order valence-electron chi connectivity index (χ2n) is 7.81. The van der Waals surface area contributed by atoms with Crippen molar-refractivity contribution in [3.05, 3.63) is 76.1 Å². The van der Waals surface area contributed by atoms with Crippen LogP contribution in [0.2, 0.25) is 0 Å². The number of amides is 1. The largest absolute Gasteiger partial charge is 0.304 e. The zero-order valence-corrected chi connectivity index (χ0v) is 16.2. The summed E-state index contributed by atoms with van der Waals surface area (Å²) in [5.41, 5.74) is 4.45. The van der Waals surface area contributed by atoms with Crippen LogP contribution < -0.4 is 4.90 Å². The van der Waals surface area contributed by atoms with E-state index in [2.05, 4.69) is 5.10 Å². The van der Waals surface area contributed by atoms with Gasteiger partial charge in [0, 0.05) is 17.8 Å². The number of anilines is 1. The maximum Gasteiger partial charge on any atom is 0.279 e. The van der Waals surface area contributed by atoms with E-state index in [-0.39, 0.29) is 17.5 Å². The van der Waals surface area contributed by atoms with E-state index in [9.17, 15) is 13.6 Å². The van der Waals surface area contributed by atoms with Crippen molar-refractivity contribution in [1.82, 2.24) is 9.78 Å². The van der Waals surface area contributed by atoms with Gasteiger partial charge >= 0.3 is 0 Å². The molecular weight excluding hydrogens is 372 g/mol. The third-order valence-electron chi connectivity index (χ3n) is 5.84. The molecule has 4 nitrogen and oxygen atoms in total. The molecule has 2 aromatic carbocycles. The van der Waals surface area contributed by atoms with E-state index in [4.69, 9.17) is 0 Å². The van der Waals surface area contributed by atoms with Crippen LogP contribution in [-0.4, -0.2) is 22.2 Å². The highest BCUT2D eigenvalue weighted by Gasteiger charge is 2.33. The van der Waals surface area contributed by atoms with Gasteiger partial charge in [0.2, 0.25) is 0 Å². The second-order valence-corrected chi connectivity index (χ2v) is 7.81. The molecule has 2 aliphatic rings. The number of hydrogen-bond acceptors (Lipinski definition) is 2. The topological polar surface area (TPSA) is 38.1 Å². The Balaban J connectivity index is 1.61. The zero-order valence-electron chi connectivity index (χ0n) is 16.2. The first-order valence-electron chi connectivity index (χ1n) is 10.0. The van der Waals surface area contributed by atoms with E-state index >= 15 is 0 Å². The number of hydrogen-bond donors (Lipinski definition) is 0. The van der Waals surface area contributed by atoms with Crippen LogP contribution in [0.25, 0.3) is 5.69 Å². The molecule has 1 aliphatic heterocycles. The van der Waals surface area contributed by atoms with E-state index in [1.54, 1.807) is 22.9 Å². The average Bonchev–Trinajstić information content (AvgIpc) is 3.30. The van der Waals surface area contributed by atoms with Crippen molar-refractivity contribution in [3.63, 3.8) is 0 Å². The van der Waals surface area contributed by atoms with Crippen LogP contribution in [0.1, 0.15) is 45.7 Å². The molecule has 0 bridgehead atoms. The Bertz CT molecular complexity index is 1140. The lowest BCUT2D eigenvalue weighted by Gasteiger charge is -2.30. The van der Waals surface area contributed by atoms with E-state index < -0.39 is 0 Å². The van der Waals surface area contributed by atoms with Gasteiger partial charge in [-0.25, -0.2) is 13.5 Å². The van der Waals surface area contributed by atoms with Crippen molar-refractivity contribution in [3.8, 4) is 5.69 Å². The number of nitrogens with zero attached hydrogens (tertiary/aromatic N) is 3. The predicted octanol–water partition coefficient (Wildman–Crippen LogP) is 4.54. The Kier molecular flexibility index (Phi) is 4.23. The number of fused-ring (bicyclic) bond motifs is 2. The van der Waals surface area contributed by atoms with Crippen molar-refractivity contribution in [2.75, 3.05) is 11.4 Å². The molecule has 0 unspecified atom stereocenters. The lowest BCUT2D eigenvalue weighted by molar-refractivity contribution is 0.0978. The lowest BCUT2D eigenvalue weighted by Crippen LogP contribution is -2.37. The van der Waals surface area contributed by atoms with Crippen LogP contribution in [-0.2, 0) is 19.3 Å². The number of para-hydroxylation sites is 1. The van der Waals surface area contributed by atoms with Crippen molar-refractivity contribution in [2.45, 2.75) is 39.0 Å². The molecule has 3 aromatic rings. The van der Waals surface area contributed by atoms with Crippen LogP contribution in [0.3, 0.4) is 0 Å². The van der Waals surface area contributed by atoms with Crippen molar-refractivity contribution in [2.24, 2.45) is 0 Å². The molecule has 1 amide bonds. The number of aryl methyl sites for hydroxylation is 2. The Hall–Kier alpha value is -3.02. The molecule has 0 N–H and O–H groups in total. The van der Waals surface area contributed by atoms with Crippen molar-refractivity contribution >= 4 is 11.6 Å². The first-order chi connectivity index (χ1) is 14.0. The van der Waals surface area contributed by atoms with Gasteiger partial charge in [-0.05, 0) is 68.4 Å². The summed E-state index contributed by atoms with van der Waals surface area (Å²) in [6.45, 7) is 2.31. The fraction of sp³-hybridized carbons (Fsp3) is 0.304. The summed E-state index contributed by atoms with van der Waals surface area (Å²) in [5.74, 6) is -1.06. The Labute approximate surface area is 167 Å². The normalized spacial score (nSPS) is 15.3. The van der Waals surface area contributed by atoms with Gasteiger partial charge in [0.05, 0.1) is 5.69 Å². The third kappa shape index (κ3) is 2.85. The summed E-state index contributed by atoms with van der Waals surface area (Å²) in [6.07, 6.45) is 3.89. The fourth-order valence-corrected chi connectivity index (χ4v) is 4.60. The van der Waals surface area contributed by atoms with Crippen LogP contribution >= 0.6 is 0 Å². The summed E-state index contributed by atoms with van der Waals surface area (Å²) in [7, 11) is 0. The number of rotatable bonds is 2. The number of carbonyl (C=O) groups excluding carboxylic acids is 1. The van der Waals surface area contributed by atoms with Gasteiger partial charge in [0.1, 0.15) is 17.3 Å². The van der Waals surface area contributed by atoms with Gasteiger partial charge in [0.25, 0.3) is 5.91 Å². The minimum absolute atomic E-state index is 0.304. The molecule has 1 aromatic heterocycles. The molecule has 6 heteroatoms. The Morgan fingerprint density at radius 2 is 1.86 bits per heavy atom.